The summed E-state index contributed by atoms with van der Waals surface area (Å²) < 4.78 is 5.48. The Morgan fingerprint density at radius 3 is 2.79 bits per heavy atom. The lowest BCUT2D eigenvalue weighted by molar-refractivity contribution is 0.102. The summed E-state index contributed by atoms with van der Waals surface area (Å²) in [4.78, 5) is 0. The molecule has 3 nitrogen and oxygen atoms in total. The van der Waals surface area contributed by atoms with Crippen molar-refractivity contribution >= 4 is 0 Å². The largest absolute Gasteiger partial charge is 0.381 e. The smallest absolute Gasteiger partial charge is 0.0972 e. The summed E-state index contributed by atoms with van der Waals surface area (Å²) in [7, 11) is 1.81. The van der Waals surface area contributed by atoms with Crippen molar-refractivity contribution in [3.63, 3.8) is 0 Å². The van der Waals surface area contributed by atoms with Gasteiger partial charge in [-0.15, -0.1) is 0 Å². The first-order chi connectivity index (χ1) is 6.86. The molecule has 3 heteroatoms. The van der Waals surface area contributed by atoms with Crippen LogP contribution in [0.15, 0.2) is 0 Å². The van der Waals surface area contributed by atoms with Crippen LogP contribution in [0.1, 0.15) is 32.1 Å². The summed E-state index contributed by atoms with van der Waals surface area (Å²) >= 11 is 0. The third-order valence-electron chi connectivity index (χ3n) is 2.95. The van der Waals surface area contributed by atoms with E-state index in [0.717, 1.165) is 18.9 Å². The lowest BCUT2D eigenvalue weighted by Gasteiger charge is -2.24. The predicted octanol–water partition coefficient (Wildman–Crippen LogP) is 1.69. The second kappa shape index (κ2) is 6.80. The molecule has 1 unspecified atom stereocenters. The maximum Gasteiger partial charge on any atom is 0.0972 e. The second-order valence-electron chi connectivity index (χ2n) is 3.96. The summed E-state index contributed by atoms with van der Waals surface area (Å²) in [5.74, 6) is 0.922. The normalized spacial score (nSPS) is 18.6. The van der Waals surface area contributed by atoms with Gasteiger partial charge in [-0.3, -0.25) is 0 Å². The van der Waals surface area contributed by atoms with Gasteiger partial charge in [0.15, 0.2) is 0 Å². The highest BCUT2D eigenvalue weighted by atomic mass is 16.5. The van der Waals surface area contributed by atoms with Gasteiger partial charge < -0.3 is 10.1 Å². The maximum absolute atomic E-state index is 8.65. The zero-order valence-corrected chi connectivity index (χ0v) is 8.96. The van der Waals surface area contributed by atoms with Crippen LogP contribution in [-0.4, -0.2) is 26.3 Å². The van der Waals surface area contributed by atoms with Crippen LogP contribution in [0.25, 0.3) is 0 Å². The topological polar surface area (TPSA) is 45.0 Å². The number of hydrogen-bond acceptors (Lipinski definition) is 3. The Morgan fingerprint density at radius 2 is 2.29 bits per heavy atom. The quantitative estimate of drug-likeness (QED) is 0.630. The first kappa shape index (κ1) is 11.5. The van der Waals surface area contributed by atoms with E-state index in [1.54, 1.807) is 0 Å². The highest BCUT2D eigenvalue weighted by molar-refractivity contribution is 4.87. The number of nitriles is 1. The van der Waals surface area contributed by atoms with Crippen molar-refractivity contribution in [2.24, 2.45) is 5.92 Å². The van der Waals surface area contributed by atoms with Crippen molar-refractivity contribution in [3.05, 3.63) is 0 Å². The molecule has 1 aliphatic carbocycles. The van der Waals surface area contributed by atoms with E-state index in [1.807, 2.05) is 7.05 Å². The molecule has 0 amide bonds. The van der Waals surface area contributed by atoms with Crippen LogP contribution in [-0.2, 0) is 4.74 Å². The molecule has 1 rings (SSSR count). The number of nitrogens with one attached hydrogen (secondary N) is 1. The fourth-order valence-corrected chi connectivity index (χ4v) is 1.61. The zero-order valence-electron chi connectivity index (χ0n) is 8.96. The maximum atomic E-state index is 8.65. The first-order valence-corrected chi connectivity index (χ1v) is 5.51. The predicted molar refractivity (Wildman–Crippen MR) is 55.9 cm³/mol. The average Bonchev–Trinajstić information content (AvgIpc) is 2.14. The van der Waals surface area contributed by atoms with Crippen LogP contribution in [0, 0.1) is 17.2 Å². The molecule has 14 heavy (non-hydrogen) atoms. The number of ether oxygens (including phenoxy) is 1. The van der Waals surface area contributed by atoms with Gasteiger partial charge >= 0.3 is 0 Å². The highest BCUT2D eigenvalue weighted by Gasteiger charge is 2.16. The van der Waals surface area contributed by atoms with Crippen molar-refractivity contribution in [2.45, 2.75) is 38.1 Å². The molecule has 0 bridgehead atoms. The Kier molecular flexibility index (Phi) is 5.58. The van der Waals surface area contributed by atoms with Crippen LogP contribution in [0.3, 0.4) is 0 Å². The van der Waals surface area contributed by atoms with E-state index in [-0.39, 0.29) is 6.04 Å². The molecule has 1 N–H and O–H groups in total. The van der Waals surface area contributed by atoms with E-state index in [1.165, 1.54) is 25.7 Å². The van der Waals surface area contributed by atoms with E-state index in [4.69, 9.17) is 10.00 Å². The lowest BCUT2D eigenvalue weighted by atomic mass is 9.83. The molecule has 0 spiro atoms. The second-order valence-corrected chi connectivity index (χ2v) is 3.96. The SMILES string of the molecule is CNC(C#N)CCOCCC1CCC1. The Balaban J connectivity index is 1.86. The van der Waals surface area contributed by atoms with Crippen molar-refractivity contribution in [1.29, 1.82) is 5.26 Å². The third-order valence-corrected chi connectivity index (χ3v) is 2.95. The molecule has 0 aromatic heterocycles. The van der Waals surface area contributed by atoms with Gasteiger partial charge in [-0.2, -0.15) is 5.26 Å². The summed E-state index contributed by atoms with van der Waals surface area (Å²) in [6.07, 6.45) is 6.18. The molecule has 1 fully saturated rings. The zero-order chi connectivity index (χ0) is 10.2. The Hall–Kier alpha value is -0.590. The van der Waals surface area contributed by atoms with E-state index >= 15 is 0 Å². The molecule has 0 saturated heterocycles. The first-order valence-electron chi connectivity index (χ1n) is 5.51. The van der Waals surface area contributed by atoms with Crippen LogP contribution in [0.5, 0.6) is 0 Å². The van der Waals surface area contributed by atoms with Crippen LogP contribution in [0.2, 0.25) is 0 Å². The Labute approximate surface area is 86.4 Å². The van der Waals surface area contributed by atoms with Gasteiger partial charge in [-0.1, -0.05) is 19.3 Å². The van der Waals surface area contributed by atoms with Crippen molar-refractivity contribution < 1.29 is 4.74 Å². The molecule has 1 aliphatic rings. The molecule has 1 saturated carbocycles. The summed E-state index contributed by atoms with van der Waals surface area (Å²) in [6.45, 7) is 1.57. The van der Waals surface area contributed by atoms with E-state index in [2.05, 4.69) is 11.4 Å². The standard InChI is InChI=1S/C11H20N2O/c1-13-11(9-12)6-8-14-7-5-10-3-2-4-10/h10-11,13H,2-8H2,1H3. The van der Waals surface area contributed by atoms with Gasteiger partial charge in [0.05, 0.1) is 12.1 Å². The monoisotopic (exact) mass is 196 g/mol. The minimum atomic E-state index is -0.0568. The summed E-state index contributed by atoms with van der Waals surface area (Å²) in [6, 6.07) is 2.13. The van der Waals surface area contributed by atoms with Gasteiger partial charge in [0, 0.05) is 13.2 Å². The fourth-order valence-electron chi connectivity index (χ4n) is 1.61. The van der Waals surface area contributed by atoms with Gasteiger partial charge in [0.2, 0.25) is 0 Å². The third kappa shape index (κ3) is 4.08. The minimum Gasteiger partial charge on any atom is -0.381 e. The van der Waals surface area contributed by atoms with Crippen LogP contribution < -0.4 is 5.32 Å². The Bertz CT molecular complexity index is 184. The van der Waals surface area contributed by atoms with Gasteiger partial charge in [-0.25, -0.2) is 0 Å². The van der Waals surface area contributed by atoms with E-state index in [0.29, 0.717) is 6.61 Å². The molecule has 0 aromatic carbocycles. The van der Waals surface area contributed by atoms with Crippen molar-refractivity contribution in [2.75, 3.05) is 20.3 Å². The number of rotatable bonds is 7. The van der Waals surface area contributed by atoms with Crippen LogP contribution in [0.4, 0.5) is 0 Å². The molecule has 80 valence electrons. The highest BCUT2D eigenvalue weighted by Crippen LogP contribution is 2.29. The molecule has 1 atom stereocenters. The Morgan fingerprint density at radius 1 is 1.50 bits per heavy atom. The molecular formula is C11H20N2O. The van der Waals surface area contributed by atoms with Gasteiger partial charge in [0.1, 0.15) is 0 Å². The lowest BCUT2D eigenvalue weighted by Crippen LogP contribution is -2.25. The van der Waals surface area contributed by atoms with E-state index < -0.39 is 0 Å². The van der Waals surface area contributed by atoms with Gasteiger partial charge in [0.25, 0.3) is 0 Å². The van der Waals surface area contributed by atoms with Crippen molar-refractivity contribution in [1.82, 2.24) is 5.32 Å². The van der Waals surface area contributed by atoms with E-state index in [9.17, 15) is 0 Å². The summed E-state index contributed by atoms with van der Waals surface area (Å²) in [5, 5.41) is 11.6. The fraction of sp³-hybridized carbons (Fsp3) is 0.909. The van der Waals surface area contributed by atoms with Crippen LogP contribution >= 0.6 is 0 Å². The van der Waals surface area contributed by atoms with Crippen molar-refractivity contribution in [3.8, 4) is 6.07 Å². The molecule has 0 aliphatic heterocycles. The number of nitrogens with zero attached hydrogens (tertiary/aromatic N) is 1. The number of hydrogen-bond donors (Lipinski definition) is 1. The van der Waals surface area contributed by atoms with Gasteiger partial charge in [-0.05, 0) is 25.8 Å². The molecule has 0 aromatic rings. The molecule has 0 heterocycles. The molecular weight excluding hydrogens is 176 g/mol. The average molecular weight is 196 g/mol. The minimum absolute atomic E-state index is 0.0568. The molecule has 0 radical (unpaired) electrons. The summed E-state index contributed by atoms with van der Waals surface area (Å²) in [5.41, 5.74) is 0.